The van der Waals surface area contributed by atoms with E-state index in [0.717, 1.165) is 28.8 Å². The molecule has 4 rings (SSSR count). The molecule has 2 aliphatic heterocycles. The molecule has 2 N–H and O–H groups in total. The van der Waals surface area contributed by atoms with Gasteiger partial charge in [0.25, 0.3) is 0 Å². The average Bonchev–Trinajstić information content (AvgIpc) is 2.83. The second kappa shape index (κ2) is 6.72. The van der Waals surface area contributed by atoms with Crippen LogP contribution in [-0.2, 0) is 16.0 Å². The fourth-order valence-corrected chi connectivity index (χ4v) is 4.20. The second-order valence-electron chi connectivity index (χ2n) is 7.64. The Morgan fingerprint density at radius 1 is 0.963 bits per heavy atom. The zero-order valence-electron chi connectivity index (χ0n) is 15.8. The van der Waals surface area contributed by atoms with Crippen molar-refractivity contribution in [3.63, 3.8) is 0 Å². The van der Waals surface area contributed by atoms with E-state index in [9.17, 15) is 9.59 Å². The van der Waals surface area contributed by atoms with Crippen molar-refractivity contribution in [2.75, 3.05) is 10.6 Å². The van der Waals surface area contributed by atoms with Gasteiger partial charge in [0.2, 0.25) is 11.8 Å². The third kappa shape index (κ3) is 3.18. The van der Waals surface area contributed by atoms with Crippen LogP contribution < -0.4 is 15.4 Å². The van der Waals surface area contributed by atoms with E-state index < -0.39 is 0 Å². The first kappa shape index (κ1) is 17.6. The molecule has 0 spiro atoms. The lowest BCUT2D eigenvalue weighted by atomic mass is 9.81. The van der Waals surface area contributed by atoms with E-state index in [2.05, 4.69) is 23.6 Å². The Morgan fingerprint density at radius 3 is 2.56 bits per heavy atom. The zero-order valence-corrected chi connectivity index (χ0v) is 15.8. The maximum absolute atomic E-state index is 13.1. The number of benzene rings is 2. The summed E-state index contributed by atoms with van der Waals surface area (Å²) in [5, 5.41) is 6.00. The summed E-state index contributed by atoms with van der Waals surface area (Å²) in [6, 6.07) is 11.8. The molecule has 2 unspecified atom stereocenters. The van der Waals surface area contributed by atoms with Gasteiger partial charge in [0.15, 0.2) is 0 Å². The molecule has 2 aromatic rings. The molecule has 140 valence electrons. The number of ether oxygens (including phenoxy) is 1. The number of para-hydroxylation sites is 1. The predicted molar refractivity (Wildman–Crippen MR) is 105 cm³/mol. The number of anilines is 2. The van der Waals surface area contributed by atoms with Gasteiger partial charge in [0.05, 0.1) is 18.0 Å². The van der Waals surface area contributed by atoms with Gasteiger partial charge in [-0.25, -0.2) is 0 Å². The lowest BCUT2D eigenvalue weighted by Gasteiger charge is -2.24. The molecule has 2 aliphatic rings. The molecule has 0 bridgehead atoms. The van der Waals surface area contributed by atoms with Crippen molar-refractivity contribution in [3.05, 3.63) is 53.1 Å². The molecule has 2 aromatic carbocycles. The van der Waals surface area contributed by atoms with E-state index in [-0.39, 0.29) is 29.8 Å². The maximum atomic E-state index is 13.1. The summed E-state index contributed by atoms with van der Waals surface area (Å²) in [5.41, 5.74) is 4.59. The summed E-state index contributed by atoms with van der Waals surface area (Å²) >= 11 is 0. The van der Waals surface area contributed by atoms with Gasteiger partial charge in [-0.15, -0.1) is 0 Å². The van der Waals surface area contributed by atoms with Gasteiger partial charge in [0.1, 0.15) is 11.9 Å². The first-order valence-corrected chi connectivity index (χ1v) is 9.43. The van der Waals surface area contributed by atoms with Crippen molar-refractivity contribution in [2.45, 2.75) is 45.6 Å². The van der Waals surface area contributed by atoms with Crippen LogP contribution in [0.3, 0.4) is 0 Å². The number of amides is 2. The molecule has 0 aliphatic carbocycles. The zero-order chi connectivity index (χ0) is 19.1. The maximum Gasteiger partial charge on any atom is 0.232 e. The van der Waals surface area contributed by atoms with E-state index in [0.29, 0.717) is 17.9 Å². The molecule has 3 atom stereocenters. The van der Waals surface area contributed by atoms with E-state index in [1.165, 1.54) is 0 Å². The van der Waals surface area contributed by atoms with Crippen molar-refractivity contribution < 1.29 is 14.3 Å². The first-order valence-electron chi connectivity index (χ1n) is 9.43. The number of rotatable bonds is 1. The Balaban J connectivity index is 1.75. The average molecular weight is 364 g/mol. The van der Waals surface area contributed by atoms with E-state index in [1.54, 1.807) is 0 Å². The van der Waals surface area contributed by atoms with Gasteiger partial charge < -0.3 is 15.4 Å². The molecule has 5 nitrogen and oxygen atoms in total. The van der Waals surface area contributed by atoms with Gasteiger partial charge in [-0.1, -0.05) is 31.2 Å². The van der Waals surface area contributed by atoms with Crippen LogP contribution in [0.15, 0.2) is 36.4 Å². The highest BCUT2D eigenvalue weighted by atomic mass is 16.5. The molecule has 27 heavy (non-hydrogen) atoms. The topological polar surface area (TPSA) is 67.4 Å². The molecule has 0 saturated heterocycles. The minimum atomic E-state index is -0.277. The normalized spacial score (nSPS) is 24.5. The number of carbonyl (C=O) groups is 2. The smallest absolute Gasteiger partial charge is 0.232 e. The Hall–Kier alpha value is -2.82. The van der Waals surface area contributed by atoms with E-state index in [1.807, 2.05) is 44.2 Å². The number of carbonyl (C=O) groups excluding carboxylic acids is 2. The predicted octanol–water partition coefficient (Wildman–Crippen LogP) is 4.02. The van der Waals surface area contributed by atoms with E-state index >= 15 is 0 Å². The van der Waals surface area contributed by atoms with Gasteiger partial charge in [0, 0.05) is 5.69 Å². The third-order valence-corrected chi connectivity index (χ3v) is 5.52. The summed E-state index contributed by atoms with van der Waals surface area (Å²) in [4.78, 5) is 25.0. The van der Waals surface area contributed by atoms with Crippen molar-refractivity contribution in [2.24, 2.45) is 5.92 Å². The fraction of sp³-hybridized carbons (Fsp3) is 0.364. The summed E-state index contributed by atoms with van der Waals surface area (Å²) in [5.74, 6) is 0.488. The number of fused-ring (bicyclic) bond motifs is 2. The van der Waals surface area contributed by atoms with Crippen LogP contribution in [0, 0.1) is 12.8 Å². The summed E-state index contributed by atoms with van der Waals surface area (Å²) in [7, 11) is 0. The van der Waals surface area contributed by atoms with Crippen LogP contribution in [0.4, 0.5) is 11.4 Å². The summed E-state index contributed by atoms with van der Waals surface area (Å²) in [6.45, 7) is 5.97. The molecule has 0 radical (unpaired) electrons. The molecule has 0 saturated carbocycles. The van der Waals surface area contributed by atoms with Crippen molar-refractivity contribution in [1.29, 1.82) is 0 Å². The highest BCUT2D eigenvalue weighted by Crippen LogP contribution is 2.41. The Kier molecular flexibility index (Phi) is 4.38. The lowest BCUT2D eigenvalue weighted by molar-refractivity contribution is -0.118. The Morgan fingerprint density at radius 2 is 1.74 bits per heavy atom. The molecular formula is C22H24N2O3. The van der Waals surface area contributed by atoms with E-state index in [4.69, 9.17) is 4.74 Å². The van der Waals surface area contributed by atoms with Gasteiger partial charge >= 0.3 is 0 Å². The molecular weight excluding hydrogens is 340 g/mol. The fourth-order valence-electron chi connectivity index (χ4n) is 4.20. The Labute approximate surface area is 159 Å². The molecule has 2 amide bonds. The monoisotopic (exact) mass is 364 g/mol. The molecule has 0 aromatic heterocycles. The minimum Gasteiger partial charge on any atom is -0.488 e. The lowest BCUT2D eigenvalue weighted by Crippen LogP contribution is -2.25. The van der Waals surface area contributed by atoms with Crippen molar-refractivity contribution >= 4 is 23.2 Å². The highest BCUT2D eigenvalue weighted by molar-refractivity contribution is 5.98. The number of nitrogens with one attached hydrogen (secondary N) is 2. The quantitative estimate of drug-likeness (QED) is 0.803. The van der Waals surface area contributed by atoms with Gasteiger partial charge in [-0.3, -0.25) is 9.59 Å². The SMILES string of the molecule is Cc1c(C2C(=O)Nc3ccccc3CC2C)ccc2c1O[C@H](C)CC(=O)N2. The minimum absolute atomic E-state index is 0.00112. The highest BCUT2D eigenvalue weighted by Gasteiger charge is 2.33. The summed E-state index contributed by atoms with van der Waals surface area (Å²) < 4.78 is 6.04. The number of hydrogen-bond acceptors (Lipinski definition) is 3. The van der Waals surface area contributed by atoms with Crippen LogP contribution >= 0.6 is 0 Å². The van der Waals surface area contributed by atoms with Crippen LogP contribution in [0.5, 0.6) is 5.75 Å². The number of hydrogen-bond donors (Lipinski definition) is 2. The van der Waals surface area contributed by atoms with Crippen LogP contribution in [0.1, 0.15) is 42.9 Å². The molecule has 2 heterocycles. The largest absolute Gasteiger partial charge is 0.488 e. The standard InChI is InChI=1S/C22H24N2O3/c1-12-10-15-6-4-5-7-17(15)24-22(26)20(12)16-8-9-18-21(14(16)3)27-13(2)11-19(25)23-18/h4-9,12-13,20H,10-11H2,1-3H3,(H,23,25)(H,24,26)/t12?,13-,20?/m1/s1. The molecule has 5 heteroatoms. The van der Waals surface area contributed by atoms with Crippen LogP contribution in [0.2, 0.25) is 0 Å². The third-order valence-electron chi connectivity index (χ3n) is 5.52. The second-order valence-corrected chi connectivity index (χ2v) is 7.64. The van der Waals surface area contributed by atoms with Gasteiger partial charge in [-0.2, -0.15) is 0 Å². The van der Waals surface area contributed by atoms with Crippen LogP contribution in [0.25, 0.3) is 0 Å². The summed E-state index contributed by atoms with van der Waals surface area (Å²) in [6.07, 6.45) is 0.938. The molecule has 0 fully saturated rings. The Bertz CT molecular complexity index is 922. The van der Waals surface area contributed by atoms with Gasteiger partial charge in [-0.05, 0) is 55.0 Å². The van der Waals surface area contributed by atoms with Crippen LogP contribution in [-0.4, -0.2) is 17.9 Å². The van der Waals surface area contributed by atoms with Crippen molar-refractivity contribution in [1.82, 2.24) is 0 Å². The first-order chi connectivity index (χ1) is 12.9. The van der Waals surface area contributed by atoms with Crippen molar-refractivity contribution in [3.8, 4) is 5.75 Å².